The topological polar surface area (TPSA) is 279 Å². The normalized spacial score (nSPS) is 26.3. The summed E-state index contributed by atoms with van der Waals surface area (Å²) >= 11 is 0. The summed E-state index contributed by atoms with van der Waals surface area (Å²) in [5.74, 6) is -7.21. The molecule has 0 aliphatic carbocycles. The number of aliphatic hydroxyl groups excluding tert-OH is 1. The Morgan fingerprint density at radius 1 is 0.821 bits per heavy atom. The van der Waals surface area contributed by atoms with Crippen LogP contribution in [-0.2, 0) is 55.9 Å². The van der Waals surface area contributed by atoms with Gasteiger partial charge < -0.3 is 52.2 Å². The van der Waals surface area contributed by atoms with Crippen LogP contribution >= 0.6 is 0 Å². The van der Waals surface area contributed by atoms with E-state index in [-0.39, 0.29) is 56.7 Å². The van der Waals surface area contributed by atoms with Crippen molar-refractivity contribution in [1.29, 1.82) is 0 Å². The zero-order valence-electron chi connectivity index (χ0n) is 39.8. The summed E-state index contributed by atoms with van der Waals surface area (Å²) in [4.78, 5) is 114. The smallest absolute Gasteiger partial charge is 0.329 e. The van der Waals surface area contributed by atoms with Gasteiger partial charge in [-0.1, -0.05) is 84.0 Å². The average molecular weight is 935 g/mol. The lowest BCUT2D eigenvalue weighted by atomic mass is 9.95. The number of phenolic OH excluding ortho intramolecular Hbond substituents is 1. The van der Waals surface area contributed by atoms with Gasteiger partial charge in [-0.2, -0.15) is 0 Å². The number of nitrogens with zero attached hydrogens (tertiary/aromatic N) is 2. The third-order valence-electron chi connectivity index (χ3n) is 12.1. The molecule has 0 saturated carbocycles. The first-order chi connectivity index (χ1) is 31.6. The highest BCUT2D eigenvalue weighted by molar-refractivity contribution is 5.96. The molecular formula is C48H70N8O11. The van der Waals surface area contributed by atoms with Crippen molar-refractivity contribution in [2.45, 2.75) is 148 Å². The molecule has 2 bridgehead atoms. The van der Waals surface area contributed by atoms with Crippen molar-refractivity contribution in [2.24, 2.45) is 23.5 Å². The van der Waals surface area contributed by atoms with Crippen molar-refractivity contribution < 1.29 is 53.3 Å². The molecule has 2 aromatic carbocycles. The van der Waals surface area contributed by atoms with E-state index in [0.29, 0.717) is 12.0 Å². The van der Waals surface area contributed by atoms with Gasteiger partial charge in [0, 0.05) is 38.4 Å². The highest BCUT2D eigenvalue weighted by Gasteiger charge is 2.43. The Morgan fingerprint density at radius 3 is 2.04 bits per heavy atom. The third kappa shape index (κ3) is 15.5. The largest absolute Gasteiger partial charge is 0.508 e. The lowest BCUT2D eigenvalue weighted by Crippen LogP contribution is -2.63. The first-order valence-corrected chi connectivity index (χ1v) is 23.1. The molecule has 0 radical (unpaired) electrons. The van der Waals surface area contributed by atoms with Crippen molar-refractivity contribution in [1.82, 2.24) is 36.4 Å². The van der Waals surface area contributed by atoms with Crippen LogP contribution in [0.4, 0.5) is 0 Å². The van der Waals surface area contributed by atoms with Crippen molar-refractivity contribution in [2.75, 3.05) is 13.6 Å². The number of aromatic hydroxyl groups is 1. The number of ether oxygens (including phenoxy) is 1. The number of likely N-dealkylation sites (N-methyl/N-ethyl adjacent to an activating group) is 1. The van der Waals surface area contributed by atoms with Crippen LogP contribution in [0.1, 0.15) is 91.7 Å². The van der Waals surface area contributed by atoms with Gasteiger partial charge in [0.15, 0.2) is 0 Å². The molecule has 2 fully saturated rings. The highest BCUT2D eigenvalue weighted by Crippen LogP contribution is 2.25. The fraction of sp³-hybridized carbons (Fsp3) is 0.583. The molecule has 10 atom stereocenters. The maximum absolute atomic E-state index is 15.0. The SMILES string of the molecule is CC(C)CC1NC(=O)C(NC(=O)C(CCC(N)=O)NC(=O)C(C)C)C(C)OC(=O)C(C(C)C)NC(=O)C(Cc2ccc(O)cc2)N(C)C(=O)C(Cc2ccccc2)N2CC(CCC2O)NC1=O. The Kier molecular flexibility index (Phi) is 19.7. The number of benzene rings is 2. The molecule has 7 amide bonds. The van der Waals surface area contributed by atoms with Crippen LogP contribution < -0.4 is 32.3 Å². The van der Waals surface area contributed by atoms with E-state index in [9.17, 15) is 43.8 Å². The molecule has 4 rings (SSSR count). The maximum Gasteiger partial charge on any atom is 0.329 e. The number of piperidine rings is 1. The van der Waals surface area contributed by atoms with Crippen molar-refractivity contribution >= 4 is 47.3 Å². The van der Waals surface area contributed by atoms with Crippen LogP contribution in [0.2, 0.25) is 0 Å². The number of phenols is 1. The molecule has 19 heteroatoms. The molecule has 67 heavy (non-hydrogen) atoms. The number of nitrogens with two attached hydrogens (primary N) is 1. The lowest BCUT2D eigenvalue weighted by Gasteiger charge is -2.43. The summed E-state index contributed by atoms with van der Waals surface area (Å²) in [5.41, 5.74) is 6.73. The number of esters is 1. The van der Waals surface area contributed by atoms with Gasteiger partial charge in [0.2, 0.25) is 41.4 Å². The van der Waals surface area contributed by atoms with Gasteiger partial charge in [-0.15, -0.1) is 0 Å². The molecule has 2 heterocycles. The van der Waals surface area contributed by atoms with E-state index >= 15 is 4.79 Å². The number of fused-ring (bicyclic) bond motifs is 2. The number of hydrogen-bond acceptors (Lipinski definition) is 12. The maximum atomic E-state index is 15.0. The molecule has 19 nitrogen and oxygen atoms in total. The molecule has 2 aliphatic heterocycles. The molecular weight excluding hydrogens is 865 g/mol. The summed E-state index contributed by atoms with van der Waals surface area (Å²) in [6, 6.07) is 6.78. The first-order valence-electron chi connectivity index (χ1n) is 23.1. The minimum Gasteiger partial charge on any atom is -0.508 e. The second-order valence-electron chi connectivity index (χ2n) is 18.8. The van der Waals surface area contributed by atoms with Crippen LogP contribution in [0.3, 0.4) is 0 Å². The standard InChI is InChI=1S/C48H70N8O11/c1-26(2)22-35-44(62)50-32-16-21-39(59)56(25-32)37(24-30-12-10-9-11-13-30)47(65)55(8)36(23-31-14-17-33(57)18-15-31)45(63)53-40(27(3)4)48(66)67-29(7)41(46(64)52-35)54-43(61)34(19-20-38(49)58)51-42(60)28(5)6/h9-15,17-18,26-29,32,34-37,39-41,57,59H,16,19-25H2,1-8H3,(H2,49,58)(H,50,62)(H,51,60)(H,52,64)(H,53,63)(H,54,61). The number of primary amides is 1. The van der Waals surface area contributed by atoms with Crippen LogP contribution in [0.15, 0.2) is 54.6 Å². The monoisotopic (exact) mass is 935 g/mol. The van der Waals surface area contributed by atoms with E-state index in [1.165, 1.54) is 31.0 Å². The number of rotatable bonds is 14. The molecule has 0 aromatic heterocycles. The molecule has 368 valence electrons. The minimum atomic E-state index is -1.68. The lowest BCUT2D eigenvalue weighted by molar-refractivity contribution is -0.158. The predicted octanol–water partition coefficient (Wildman–Crippen LogP) is 0.780. The van der Waals surface area contributed by atoms with Gasteiger partial charge in [-0.25, -0.2) is 4.79 Å². The number of cyclic esters (lactones) is 1. The second-order valence-corrected chi connectivity index (χ2v) is 18.8. The Bertz CT molecular complexity index is 2050. The van der Waals surface area contributed by atoms with Crippen LogP contribution in [0, 0.1) is 17.8 Å². The van der Waals surface area contributed by atoms with Crippen molar-refractivity contribution in [3.8, 4) is 5.75 Å². The summed E-state index contributed by atoms with van der Waals surface area (Å²) in [6.45, 7) is 11.6. The molecule has 10 unspecified atom stereocenters. The Labute approximate surface area is 392 Å². The highest BCUT2D eigenvalue weighted by atomic mass is 16.5. The zero-order valence-corrected chi connectivity index (χ0v) is 39.8. The zero-order chi connectivity index (χ0) is 49.7. The molecule has 2 saturated heterocycles. The van der Waals surface area contributed by atoms with Gasteiger partial charge in [0.25, 0.3) is 0 Å². The average Bonchev–Trinajstić information content (AvgIpc) is 3.26. The van der Waals surface area contributed by atoms with Crippen molar-refractivity contribution in [3.63, 3.8) is 0 Å². The molecule has 0 spiro atoms. The van der Waals surface area contributed by atoms with E-state index in [2.05, 4.69) is 26.6 Å². The summed E-state index contributed by atoms with van der Waals surface area (Å²) in [5, 5.41) is 35.3. The number of amides is 7. The number of carbonyl (C=O) groups excluding carboxylic acids is 8. The summed E-state index contributed by atoms with van der Waals surface area (Å²) in [6.07, 6.45) is -2.40. The van der Waals surface area contributed by atoms with Crippen LogP contribution in [0.25, 0.3) is 0 Å². The number of hydrogen-bond donors (Lipinski definition) is 8. The third-order valence-corrected chi connectivity index (χ3v) is 12.1. The van der Waals surface area contributed by atoms with E-state index in [4.69, 9.17) is 10.5 Å². The Balaban J connectivity index is 1.85. The van der Waals surface area contributed by atoms with Crippen LogP contribution in [-0.4, -0.2) is 136 Å². The minimum absolute atomic E-state index is 0.0151. The van der Waals surface area contributed by atoms with Crippen molar-refractivity contribution in [3.05, 3.63) is 65.7 Å². The molecule has 2 aliphatic rings. The number of nitrogens with one attached hydrogen (secondary N) is 5. The van der Waals surface area contributed by atoms with Gasteiger partial charge in [-0.3, -0.25) is 38.5 Å². The Morgan fingerprint density at radius 2 is 1.45 bits per heavy atom. The van der Waals surface area contributed by atoms with E-state index < -0.39 is 114 Å². The van der Waals surface area contributed by atoms with E-state index in [1.807, 2.05) is 44.2 Å². The first kappa shape index (κ1) is 53.5. The van der Waals surface area contributed by atoms with Gasteiger partial charge in [-0.05, 0) is 74.1 Å². The summed E-state index contributed by atoms with van der Waals surface area (Å²) < 4.78 is 5.90. The Hall–Kier alpha value is -6.08. The molecule has 9 N–H and O–H groups in total. The number of carbonyl (C=O) groups is 8. The molecule has 2 aromatic rings. The van der Waals surface area contributed by atoms with Crippen LogP contribution in [0.5, 0.6) is 5.75 Å². The van der Waals surface area contributed by atoms with Gasteiger partial charge in [0.1, 0.15) is 48.3 Å². The van der Waals surface area contributed by atoms with Gasteiger partial charge >= 0.3 is 5.97 Å². The fourth-order valence-corrected chi connectivity index (χ4v) is 8.15. The number of aliphatic hydroxyl groups is 1. The fourth-order valence-electron chi connectivity index (χ4n) is 8.15. The predicted molar refractivity (Wildman–Crippen MR) is 247 cm³/mol. The second kappa shape index (κ2) is 24.6. The van der Waals surface area contributed by atoms with E-state index in [0.717, 1.165) is 5.56 Å². The van der Waals surface area contributed by atoms with Gasteiger partial charge in [0.05, 0.1) is 6.04 Å². The quantitative estimate of drug-likeness (QED) is 0.122. The summed E-state index contributed by atoms with van der Waals surface area (Å²) in [7, 11) is 1.47. The van der Waals surface area contributed by atoms with E-state index in [1.54, 1.807) is 44.7 Å².